The van der Waals surface area contributed by atoms with Crippen LogP contribution in [0.2, 0.25) is 0 Å². The lowest BCUT2D eigenvalue weighted by atomic mass is 10.0. The number of carbonyl (C=O) groups excluding carboxylic acids is 1. The van der Waals surface area contributed by atoms with E-state index < -0.39 is 5.97 Å². The molecule has 0 fully saturated rings. The standard InChI is InChI=1S/C36H64O4/c1-3-5-6-7-8-9-10-11-12-13-14-15-16-17-18-19-24-27-30-33-36(39)40-34(4-2)31-28-25-22-20-21-23-26-29-32-35(37)38/h5-6,8-9,11-12,34H,3-4,7,10,13-33H2,1-2H3,(H,37,38)/b6-5-,9-8-,12-11-. The summed E-state index contributed by atoms with van der Waals surface area (Å²) < 4.78 is 5.73. The minimum absolute atomic E-state index is 0.0117. The van der Waals surface area contributed by atoms with E-state index >= 15 is 0 Å². The van der Waals surface area contributed by atoms with Gasteiger partial charge >= 0.3 is 11.9 Å². The number of carboxylic acids is 1. The predicted molar refractivity (Wildman–Crippen MR) is 172 cm³/mol. The van der Waals surface area contributed by atoms with Crippen molar-refractivity contribution in [3.05, 3.63) is 36.5 Å². The summed E-state index contributed by atoms with van der Waals surface area (Å²) in [6.45, 7) is 4.28. The molecule has 0 saturated carbocycles. The molecule has 0 aromatic heterocycles. The zero-order valence-electron chi connectivity index (χ0n) is 26.4. The molecule has 0 rings (SSSR count). The van der Waals surface area contributed by atoms with Gasteiger partial charge in [0.25, 0.3) is 0 Å². The number of ether oxygens (including phenoxy) is 1. The van der Waals surface area contributed by atoms with Gasteiger partial charge in [-0.2, -0.15) is 0 Å². The highest BCUT2D eigenvalue weighted by Crippen LogP contribution is 2.16. The first kappa shape index (κ1) is 38.2. The first-order valence-corrected chi connectivity index (χ1v) is 17.0. The largest absolute Gasteiger partial charge is 0.481 e. The normalized spacial score (nSPS) is 12.7. The van der Waals surface area contributed by atoms with Gasteiger partial charge in [0.05, 0.1) is 0 Å². The van der Waals surface area contributed by atoms with Gasteiger partial charge in [0.2, 0.25) is 0 Å². The molecule has 4 heteroatoms. The van der Waals surface area contributed by atoms with Gasteiger partial charge in [-0.25, -0.2) is 0 Å². The minimum atomic E-state index is -0.687. The average Bonchev–Trinajstić information content (AvgIpc) is 2.94. The molecule has 232 valence electrons. The van der Waals surface area contributed by atoms with E-state index in [1.54, 1.807) is 0 Å². The van der Waals surface area contributed by atoms with Crippen LogP contribution in [-0.4, -0.2) is 23.1 Å². The molecule has 0 spiro atoms. The Morgan fingerprint density at radius 1 is 0.575 bits per heavy atom. The van der Waals surface area contributed by atoms with Crippen LogP contribution in [0.4, 0.5) is 0 Å². The molecule has 0 saturated heterocycles. The molecule has 40 heavy (non-hydrogen) atoms. The Morgan fingerprint density at radius 2 is 1.02 bits per heavy atom. The highest BCUT2D eigenvalue weighted by molar-refractivity contribution is 5.69. The van der Waals surface area contributed by atoms with Gasteiger partial charge < -0.3 is 9.84 Å². The number of aliphatic carboxylic acids is 1. The minimum Gasteiger partial charge on any atom is -0.481 e. The summed E-state index contributed by atoms with van der Waals surface area (Å²) in [6, 6.07) is 0. The van der Waals surface area contributed by atoms with Crippen molar-refractivity contribution in [1.82, 2.24) is 0 Å². The van der Waals surface area contributed by atoms with Crippen molar-refractivity contribution >= 4 is 11.9 Å². The molecule has 0 bridgehead atoms. The maximum absolute atomic E-state index is 12.2. The van der Waals surface area contributed by atoms with Crippen molar-refractivity contribution in [2.45, 2.75) is 180 Å². The summed E-state index contributed by atoms with van der Waals surface area (Å²) in [4.78, 5) is 22.7. The number of carbonyl (C=O) groups is 2. The van der Waals surface area contributed by atoms with Crippen LogP contribution in [-0.2, 0) is 14.3 Å². The number of carboxylic acid groups (broad SMARTS) is 1. The third-order valence-electron chi connectivity index (χ3n) is 7.45. The molecular weight excluding hydrogens is 496 g/mol. The average molecular weight is 561 g/mol. The van der Waals surface area contributed by atoms with Crippen molar-refractivity contribution in [2.24, 2.45) is 0 Å². The second-order valence-corrected chi connectivity index (χ2v) is 11.3. The van der Waals surface area contributed by atoms with Gasteiger partial charge in [-0.1, -0.05) is 134 Å². The van der Waals surface area contributed by atoms with Crippen LogP contribution < -0.4 is 0 Å². The highest BCUT2D eigenvalue weighted by atomic mass is 16.5. The summed E-state index contributed by atoms with van der Waals surface area (Å²) in [7, 11) is 0. The predicted octanol–water partition coefficient (Wildman–Crippen LogP) is 11.4. The molecule has 0 aliphatic rings. The molecule has 0 aliphatic heterocycles. The SMILES string of the molecule is CC/C=C\C/C=C\C/C=C\CCCCCCCCCCCC(=O)OC(CC)CCCCCCCCCCC(=O)O. The van der Waals surface area contributed by atoms with E-state index in [1.807, 2.05) is 0 Å². The quantitative estimate of drug-likeness (QED) is 0.0539. The lowest BCUT2D eigenvalue weighted by Crippen LogP contribution is -2.17. The Balaban J connectivity index is 3.47. The van der Waals surface area contributed by atoms with Gasteiger partial charge in [-0.3, -0.25) is 9.59 Å². The van der Waals surface area contributed by atoms with Crippen molar-refractivity contribution in [1.29, 1.82) is 0 Å². The van der Waals surface area contributed by atoms with Gasteiger partial charge in [0, 0.05) is 12.8 Å². The Bertz CT molecular complexity index is 649. The van der Waals surface area contributed by atoms with Crippen molar-refractivity contribution < 1.29 is 19.4 Å². The zero-order valence-corrected chi connectivity index (χ0v) is 26.4. The van der Waals surface area contributed by atoms with Crippen LogP contribution in [0.1, 0.15) is 174 Å². The maximum atomic E-state index is 12.2. The van der Waals surface area contributed by atoms with E-state index in [0.717, 1.165) is 70.6 Å². The number of hydrogen-bond donors (Lipinski definition) is 1. The molecule has 0 aliphatic carbocycles. The van der Waals surface area contributed by atoms with E-state index in [2.05, 4.69) is 50.3 Å². The highest BCUT2D eigenvalue weighted by Gasteiger charge is 2.12. The molecule has 0 aromatic rings. The summed E-state index contributed by atoms with van der Waals surface area (Å²) in [6.07, 6.45) is 41.0. The van der Waals surface area contributed by atoms with Crippen LogP contribution >= 0.6 is 0 Å². The summed E-state index contributed by atoms with van der Waals surface area (Å²) in [5.41, 5.74) is 0. The first-order valence-electron chi connectivity index (χ1n) is 17.0. The molecule has 1 N–H and O–H groups in total. The van der Waals surface area contributed by atoms with Crippen LogP contribution in [0, 0.1) is 0 Å². The Morgan fingerprint density at radius 3 is 1.55 bits per heavy atom. The number of allylic oxidation sites excluding steroid dienone is 6. The van der Waals surface area contributed by atoms with Crippen LogP contribution in [0.5, 0.6) is 0 Å². The van der Waals surface area contributed by atoms with Gasteiger partial charge in [0.1, 0.15) is 6.10 Å². The fraction of sp³-hybridized carbons (Fsp3) is 0.778. The van der Waals surface area contributed by atoms with Gasteiger partial charge in [0.15, 0.2) is 0 Å². The second kappa shape index (κ2) is 31.7. The molecule has 4 nitrogen and oxygen atoms in total. The summed E-state index contributed by atoms with van der Waals surface area (Å²) in [5.74, 6) is -0.699. The lowest BCUT2D eigenvalue weighted by Gasteiger charge is -2.16. The Kier molecular flexibility index (Phi) is 30.2. The van der Waals surface area contributed by atoms with E-state index in [4.69, 9.17) is 9.84 Å². The van der Waals surface area contributed by atoms with Crippen LogP contribution in [0.15, 0.2) is 36.5 Å². The zero-order chi connectivity index (χ0) is 29.4. The maximum Gasteiger partial charge on any atom is 0.306 e. The van der Waals surface area contributed by atoms with Crippen molar-refractivity contribution in [3.63, 3.8) is 0 Å². The third-order valence-corrected chi connectivity index (χ3v) is 7.45. The van der Waals surface area contributed by atoms with Gasteiger partial charge in [-0.15, -0.1) is 0 Å². The van der Waals surface area contributed by atoms with Crippen LogP contribution in [0.3, 0.4) is 0 Å². The molecular formula is C36H64O4. The number of esters is 1. The monoisotopic (exact) mass is 560 g/mol. The second-order valence-electron chi connectivity index (χ2n) is 11.3. The third kappa shape index (κ3) is 30.7. The van der Waals surface area contributed by atoms with Crippen LogP contribution in [0.25, 0.3) is 0 Å². The van der Waals surface area contributed by atoms with E-state index in [9.17, 15) is 9.59 Å². The Labute approximate surface area is 248 Å². The lowest BCUT2D eigenvalue weighted by molar-refractivity contribution is -0.149. The first-order chi connectivity index (χ1) is 19.6. The van der Waals surface area contributed by atoms with E-state index in [-0.39, 0.29) is 12.1 Å². The number of hydrogen-bond acceptors (Lipinski definition) is 3. The summed E-state index contributed by atoms with van der Waals surface area (Å²) in [5, 5.41) is 8.65. The molecule has 1 atom stereocenters. The van der Waals surface area contributed by atoms with Crippen molar-refractivity contribution in [3.8, 4) is 0 Å². The van der Waals surface area contributed by atoms with Gasteiger partial charge in [-0.05, 0) is 64.2 Å². The fourth-order valence-electron chi connectivity index (χ4n) is 4.90. The van der Waals surface area contributed by atoms with Crippen molar-refractivity contribution in [2.75, 3.05) is 0 Å². The Hall–Kier alpha value is -1.84. The molecule has 0 heterocycles. The number of rotatable bonds is 30. The topological polar surface area (TPSA) is 63.6 Å². The molecule has 1 unspecified atom stereocenters. The molecule has 0 radical (unpaired) electrons. The fourth-order valence-corrected chi connectivity index (χ4v) is 4.90. The number of unbranched alkanes of at least 4 members (excludes halogenated alkanes) is 16. The van der Waals surface area contributed by atoms with E-state index in [1.165, 1.54) is 77.0 Å². The van der Waals surface area contributed by atoms with E-state index in [0.29, 0.717) is 12.8 Å². The smallest absolute Gasteiger partial charge is 0.306 e. The summed E-state index contributed by atoms with van der Waals surface area (Å²) >= 11 is 0. The molecule has 0 aromatic carbocycles. The molecule has 0 amide bonds.